The van der Waals surface area contributed by atoms with E-state index < -0.39 is 0 Å². The van der Waals surface area contributed by atoms with Crippen LogP contribution in [0.25, 0.3) is 0 Å². The van der Waals surface area contributed by atoms with Crippen LogP contribution in [0.4, 0.5) is 4.79 Å². The molecule has 1 unspecified atom stereocenters. The topological polar surface area (TPSA) is 23.6 Å². The summed E-state index contributed by atoms with van der Waals surface area (Å²) in [6.07, 6.45) is 0. The van der Waals surface area contributed by atoms with Gasteiger partial charge in [-0.1, -0.05) is 6.92 Å². The standard InChI is InChI=1S/C8H15ClN2O/c1-7(5-9)6-11-4-3-10(2)8(11)12/h7H,3-6H2,1-2H3. The van der Waals surface area contributed by atoms with Crippen LogP contribution in [0.1, 0.15) is 6.92 Å². The van der Waals surface area contributed by atoms with Crippen molar-refractivity contribution in [3.05, 3.63) is 0 Å². The van der Waals surface area contributed by atoms with Crippen LogP contribution in [-0.2, 0) is 0 Å². The number of urea groups is 1. The Labute approximate surface area is 78.3 Å². The lowest BCUT2D eigenvalue weighted by atomic mass is 10.2. The Morgan fingerprint density at radius 2 is 2.25 bits per heavy atom. The van der Waals surface area contributed by atoms with E-state index in [2.05, 4.69) is 6.92 Å². The number of amides is 2. The molecule has 4 heteroatoms. The molecule has 0 radical (unpaired) electrons. The van der Waals surface area contributed by atoms with Crippen LogP contribution in [0.3, 0.4) is 0 Å². The number of carbonyl (C=O) groups is 1. The predicted octanol–water partition coefficient (Wildman–Crippen LogP) is 1.23. The second-order valence-corrected chi connectivity index (χ2v) is 3.72. The number of alkyl halides is 1. The SMILES string of the molecule is CC(CCl)CN1CCN(C)C1=O. The van der Waals surface area contributed by atoms with E-state index in [4.69, 9.17) is 11.6 Å². The highest BCUT2D eigenvalue weighted by molar-refractivity contribution is 6.18. The van der Waals surface area contributed by atoms with Gasteiger partial charge in [-0.3, -0.25) is 0 Å². The van der Waals surface area contributed by atoms with E-state index in [9.17, 15) is 4.79 Å². The number of hydrogen-bond acceptors (Lipinski definition) is 1. The molecule has 1 aliphatic rings. The number of rotatable bonds is 3. The van der Waals surface area contributed by atoms with Crippen molar-refractivity contribution in [3.8, 4) is 0 Å². The second-order valence-electron chi connectivity index (χ2n) is 3.41. The highest BCUT2D eigenvalue weighted by atomic mass is 35.5. The van der Waals surface area contributed by atoms with E-state index in [1.807, 2.05) is 11.9 Å². The molecule has 0 spiro atoms. The normalized spacial score (nSPS) is 20.4. The van der Waals surface area contributed by atoms with E-state index >= 15 is 0 Å². The third kappa shape index (κ3) is 2.03. The summed E-state index contributed by atoms with van der Waals surface area (Å²) < 4.78 is 0. The van der Waals surface area contributed by atoms with Crippen molar-refractivity contribution in [1.29, 1.82) is 0 Å². The van der Waals surface area contributed by atoms with Crippen molar-refractivity contribution in [2.24, 2.45) is 5.92 Å². The summed E-state index contributed by atoms with van der Waals surface area (Å²) >= 11 is 5.66. The average Bonchev–Trinajstić information content (AvgIpc) is 2.36. The molecule has 12 heavy (non-hydrogen) atoms. The first-order valence-electron chi connectivity index (χ1n) is 4.21. The van der Waals surface area contributed by atoms with Crippen LogP contribution in [-0.4, -0.2) is 48.4 Å². The van der Waals surface area contributed by atoms with Gasteiger partial charge >= 0.3 is 6.03 Å². The first-order valence-corrected chi connectivity index (χ1v) is 4.74. The first-order chi connectivity index (χ1) is 5.65. The third-order valence-electron chi connectivity index (χ3n) is 2.10. The lowest BCUT2D eigenvalue weighted by Crippen LogP contribution is -2.33. The zero-order valence-corrected chi connectivity index (χ0v) is 8.34. The molecular formula is C8H15ClN2O. The van der Waals surface area contributed by atoms with E-state index in [0.717, 1.165) is 19.6 Å². The van der Waals surface area contributed by atoms with Gasteiger partial charge < -0.3 is 9.80 Å². The van der Waals surface area contributed by atoms with E-state index in [0.29, 0.717) is 11.8 Å². The quantitative estimate of drug-likeness (QED) is 0.615. The molecule has 0 aliphatic carbocycles. The molecule has 1 rings (SSSR count). The molecular weight excluding hydrogens is 176 g/mol. The zero-order chi connectivity index (χ0) is 9.14. The second kappa shape index (κ2) is 3.99. The van der Waals surface area contributed by atoms with Gasteiger partial charge in [0.25, 0.3) is 0 Å². The molecule has 0 aromatic rings. The minimum Gasteiger partial charge on any atom is -0.326 e. The summed E-state index contributed by atoms with van der Waals surface area (Å²) in [7, 11) is 1.83. The maximum absolute atomic E-state index is 11.4. The van der Waals surface area contributed by atoms with Gasteiger partial charge in [0.1, 0.15) is 0 Å². The van der Waals surface area contributed by atoms with Crippen LogP contribution < -0.4 is 0 Å². The van der Waals surface area contributed by atoms with Gasteiger partial charge in [0.05, 0.1) is 0 Å². The molecule has 1 atom stereocenters. The van der Waals surface area contributed by atoms with Crippen molar-refractivity contribution in [2.75, 3.05) is 32.6 Å². The highest BCUT2D eigenvalue weighted by Crippen LogP contribution is 2.09. The van der Waals surface area contributed by atoms with Crippen LogP contribution in [0, 0.1) is 5.92 Å². The maximum atomic E-state index is 11.4. The fourth-order valence-corrected chi connectivity index (χ4v) is 1.40. The lowest BCUT2D eigenvalue weighted by Gasteiger charge is -2.18. The van der Waals surface area contributed by atoms with Gasteiger partial charge in [0.15, 0.2) is 0 Å². The Balaban J connectivity index is 2.39. The Morgan fingerprint density at radius 3 is 2.67 bits per heavy atom. The summed E-state index contributed by atoms with van der Waals surface area (Å²) in [6, 6.07) is 0.131. The molecule has 0 aromatic heterocycles. The smallest absolute Gasteiger partial charge is 0.319 e. The number of hydrogen-bond donors (Lipinski definition) is 0. The average molecular weight is 191 g/mol. The minimum absolute atomic E-state index is 0.131. The number of carbonyl (C=O) groups excluding carboxylic acids is 1. The van der Waals surface area contributed by atoms with Gasteiger partial charge in [-0.05, 0) is 5.92 Å². The first kappa shape index (κ1) is 9.65. The molecule has 2 amide bonds. The Hall–Kier alpha value is -0.440. The zero-order valence-electron chi connectivity index (χ0n) is 7.59. The summed E-state index contributed by atoms with van der Waals surface area (Å²) in [5, 5.41) is 0. The van der Waals surface area contributed by atoms with Crippen LogP contribution in [0.2, 0.25) is 0 Å². The summed E-state index contributed by atoms with van der Waals surface area (Å²) in [5.41, 5.74) is 0. The van der Waals surface area contributed by atoms with Gasteiger partial charge in [-0.15, -0.1) is 11.6 Å². The van der Waals surface area contributed by atoms with Crippen molar-refractivity contribution >= 4 is 17.6 Å². The highest BCUT2D eigenvalue weighted by Gasteiger charge is 2.25. The Morgan fingerprint density at radius 1 is 1.58 bits per heavy atom. The van der Waals surface area contributed by atoms with Crippen LogP contribution in [0.15, 0.2) is 0 Å². The number of likely N-dealkylation sites (N-methyl/N-ethyl adjacent to an activating group) is 1. The Kier molecular flexibility index (Phi) is 3.20. The molecule has 0 aromatic carbocycles. The molecule has 1 saturated heterocycles. The number of nitrogens with zero attached hydrogens (tertiary/aromatic N) is 2. The molecule has 1 heterocycles. The minimum atomic E-state index is 0.131. The summed E-state index contributed by atoms with van der Waals surface area (Å²) in [5.74, 6) is 1.01. The fraction of sp³-hybridized carbons (Fsp3) is 0.875. The molecule has 1 fully saturated rings. The van der Waals surface area contributed by atoms with E-state index in [1.54, 1.807) is 4.90 Å². The van der Waals surface area contributed by atoms with Crippen LogP contribution >= 0.6 is 11.6 Å². The third-order valence-corrected chi connectivity index (χ3v) is 2.62. The molecule has 0 saturated carbocycles. The largest absolute Gasteiger partial charge is 0.326 e. The molecule has 1 aliphatic heterocycles. The lowest BCUT2D eigenvalue weighted by molar-refractivity contribution is 0.194. The fourth-order valence-electron chi connectivity index (χ4n) is 1.30. The predicted molar refractivity (Wildman–Crippen MR) is 49.5 cm³/mol. The summed E-state index contributed by atoms with van der Waals surface area (Å²) in [4.78, 5) is 15.0. The monoisotopic (exact) mass is 190 g/mol. The van der Waals surface area contributed by atoms with Crippen molar-refractivity contribution < 1.29 is 4.79 Å². The molecule has 0 N–H and O–H groups in total. The van der Waals surface area contributed by atoms with Crippen molar-refractivity contribution in [1.82, 2.24) is 9.80 Å². The van der Waals surface area contributed by atoms with E-state index in [-0.39, 0.29) is 6.03 Å². The molecule has 3 nitrogen and oxygen atoms in total. The van der Waals surface area contributed by atoms with Gasteiger partial charge in [-0.25, -0.2) is 4.79 Å². The van der Waals surface area contributed by atoms with Gasteiger partial charge in [0, 0.05) is 32.6 Å². The van der Waals surface area contributed by atoms with Gasteiger partial charge in [-0.2, -0.15) is 0 Å². The Bertz CT molecular complexity index is 174. The summed E-state index contributed by atoms with van der Waals surface area (Å²) in [6.45, 7) is 4.52. The van der Waals surface area contributed by atoms with Gasteiger partial charge in [0.2, 0.25) is 0 Å². The maximum Gasteiger partial charge on any atom is 0.319 e. The molecule has 70 valence electrons. The van der Waals surface area contributed by atoms with Crippen molar-refractivity contribution in [2.45, 2.75) is 6.92 Å². The van der Waals surface area contributed by atoms with Crippen molar-refractivity contribution in [3.63, 3.8) is 0 Å². The molecule has 0 bridgehead atoms. The number of halogens is 1. The van der Waals surface area contributed by atoms with Crippen LogP contribution in [0.5, 0.6) is 0 Å². The van der Waals surface area contributed by atoms with E-state index in [1.165, 1.54) is 0 Å².